The lowest BCUT2D eigenvalue weighted by molar-refractivity contribution is 0.0528. The number of alkyl carbamates (subject to hydrolysis) is 1. The van der Waals surface area contributed by atoms with Crippen LogP contribution in [-0.2, 0) is 11.2 Å². The van der Waals surface area contributed by atoms with Crippen molar-refractivity contribution in [1.29, 1.82) is 0 Å². The zero-order valence-corrected chi connectivity index (χ0v) is 12.4. The Balaban J connectivity index is 1.80. The molecular weight excluding hydrogens is 254 g/mol. The van der Waals surface area contributed by atoms with E-state index in [2.05, 4.69) is 27.0 Å². The summed E-state index contributed by atoms with van der Waals surface area (Å²) in [6.45, 7) is 6.12. The van der Waals surface area contributed by atoms with Crippen LogP contribution in [0, 0.1) is 0 Å². The standard InChI is InChI=1S/C15H23N3O2/c1-15(2,3)20-14(19)17-9-8-13-10-16-11-18(13)12-6-4-5-7-12/h4-5,10-12H,6-9H2,1-3H3,(H,17,19). The topological polar surface area (TPSA) is 56.1 Å². The SMILES string of the molecule is CC(C)(C)OC(=O)NCCc1cncn1C1CC=CC1. The molecule has 1 aromatic heterocycles. The van der Waals surface area contributed by atoms with Gasteiger partial charge in [-0.15, -0.1) is 0 Å². The van der Waals surface area contributed by atoms with Crippen LogP contribution in [0.5, 0.6) is 0 Å². The minimum atomic E-state index is -0.457. The molecule has 0 aromatic carbocycles. The maximum Gasteiger partial charge on any atom is 0.407 e. The molecule has 0 radical (unpaired) electrons. The van der Waals surface area contributed by atoms with Crippen molar-refractivity contribution in [2.45, 2.75) is 51.7 Å². The highest BCUT2D eigenvalue weighted by Gasteiger charge is 2.17. The zero-order chi connectivity index (χ0) is 14.6. The molecule has 110 valence electrons. The summed E-state index contributed by atoms with van der Waals surface area (Å²) >= 11 is 0. The highest BCUT2D eigenvalue weighted by Crippen LogP contribution is 2.24. The summed E-state index contributed by atoms with van der Waals surface area (Å²) in [5, 5.41) is 2.78. The molecule has 5 nitrogen and oxygen atoms in total. The Hall–Kier alpha value is -1.78. The normalized spacial score (nSPS) is 15.6. The number of amides is 1. The molecule has 1 aliphatic rings. The van der Waals surface area contributed by atoms with Crippen LogP contribution >= 0.6 is 0 Å². The number of imidazole rings is 1. The lowest BCUT2D eigenvalue weighted by atomic mass is 10.2. The number of rotatable bonds is 4. The Morgan fingerprint density at radius 2 is 2.15 bits per heavy atom. The molecule has 5 heteroatoms. The monoisotopic (exact) mass is 277 g/mol. The maximum atomic E-state index is 11.6. The summed E-state index contributed by atoms with van der Waals surface area (Å²) in [4.78, 5) is 15.8. The molecular formula is C15H23N3O2. The molecule has 1 N–H and O–H groups in total. The smallest absolute Gasteiger partial charge is 0.407 e. The number of aromatic nitrogens is 2. The second-order valence-corrected chi connectivity index (χ2v) is 6.07. The van der Waals surface area contributed by atoms with Gasteiger partial charge in [0.15, 0.2) is 0 Å². The van der Waals surface area contributed by atoms with E-state index in [1.54, 1.807) is 0 Å². The van der Waals surface area contributed by atoms with Gasteiger partial charge in [-0.3, -0.25) is 0 Å². The molecule has 0 aliphatic heterocycles. The fraction of sp³-hybridized carbons (Fsp3) is 0.600. The summed E-state index contributed by atoms with van der Waals surface area (Å²) in [5.41, 5.74) is 0.691. The molecule has 0 atom stereocenters. The lowest BCUT2D eigenvalue weighted by Crippen LogP contribution is -2.33. The van der Waals surface area contributed by atoms with Crippen LogP contribution in [-0.4, -0.2) is 27.8 Å². The van der Waals surface area contributed by atoms with Crippen LogP contribution in [0.15, 0.2) is 24.7 Å². The van der Waals surface area contributed by atoms with E-state index in [1.165, 1.54) is 0 Å². The van der Waals surface area contributed by atoms with Crippen LogP contribution in [0.2, 0.25) is 0 Å². The molecule has 0 saturated carbocycles. The average molecular weight is 277 g/mol. The van der Waals surface area contributed by atoms with E-state index in [9.17, 15) is 4.79 Å². The molecule has 2 rings (SSSR count). The predicted molar refractivity (Wildman–Crippen MR) is 77.6 cm³/mol. The van der Waals surface area contributed by atoms with Crippen molar-refractivity contribution in [2.75, 3.05) is 6.54 Å². The third-order valence-corrected chi connectivity index (χ3v) is 3.17. The first-order valence-electron chi connectivity index (χ1n) is 7.08. The van der Waals surface area contributed by atoms with Gasteiger partial charge in [0.1, 0.15) is 5.60 Å². The van der Waals surface area contributed by atoms with Crippen LogP contribution in [0.25, 0.3) is 0 Å². The minimum Gasteiger partial charge on any atom is -0.444 e. The second kappa shape index (κ2) is 6.11. The average Bonchev–Trinajstić information content (AvgIpc) is 2.95. The highest BCUT2D eigenvalue weighted by molar-refractivity contribution is 5.67. The van der Waals surface area contributed by atoms with Gasteiger partial charge in [-0.05, 0) is 33.6 Å². The van der Waals surface area contributed by atoms with Gasteiger partial charge < -0.3 is 14.6 Å². The van der Waals surface area contributed by atoms with E-state index in [4.69, 9.17) is 4.74 Å². The van der Waals surface area contributed by atoms with E-state index in [0.717, 1.165) is 25.0 Å². The van der Waals surface area contributed by atoms with Gasteiger partial charge in [-0.1, -0.05) is 12.2 Å². The Morgan fingerprint density at radius 3 is 2.80 bits per heavy atom. The van der Waals surface area contributed by atoms with Gasteiger partial charge >= 0.3 is 6.09 Å². The van der Waals surface area contributed by atoms with Gasteiger partial charge in [-0.2, -0.15) is 0 Å². The molecule has 1 aromatic rings. The van der Waals surface area contributed by atoms with E-state index >= 15 is 0 Å². The lowest BCUT2D eigenvalue weighted by Gasteiger charge is -2.20. The summed E-state index contributed by atoms with van der Waals surface area (Å²) in [7, 11) is 0. The molecule has 1 heterocycles. The van der Waals surface area contributed by atoms with Gasteiger partial charge in [0.25, 0.3) is 0 Å². The summed E-state index contributed by atoms with van der Waals surface area (Å²) < 4.78 is 7.41. The van der Waals surface area contributed by atoms with Crippen LogP contribution in [0.1, 0.15) is 45.3 Å². The first-order valence-corrected chi connectivity index (χ1v) is 7.08. The Bertz CT molecular complexity index is 478. The number of nitrogens with zero attached hydrogens (tertiary/aromatic N) is 2. The number of nitrogens with one attached hydrogen (secondary N) is 1. The van der Waals surface area contributed by atoms with Crippen molar-refractivity contribution in [1.82, 2.24) is 14.9 Å². The van der Waals surface area contributed by atoms with Gasteiger partial charge in [-0.25, -0.2) is 9.78 Å². The summed E-state index contributed by atoms with van der Waals surface area (Å²) in [6.07, 6.45) is 10.7. The van der Waals surface area contributed by atoms with Crippen LogP contribution in [0.4, 0.5) is 4.79 Å². The van der Waals surface area contributed by atoms with Gasteiger partial charge in [0.05, 0.1) is 6.33 Å². The maximum absolute atomic E-state index is 11.6. The number of ether oxygens (including phenoxy) is 1. The molecule has 20 heavy (non-hydrogen) atoms. The fourth-order valence-electron chi connectivity index (χ4n) is 2.29. The summed E-state index contributed by atoms with van der Waals surface area (Å²) in [5.74, 6) is 0. The molecule has 0 unspecified atom stereocenters. The quantitative estimate of drug-likeness (QED) is 0.861. The van der Waals surface area contributed by atoms with Crippen molar-refractivity contribution < 1.29 is 9.53 Å². The third kappa shape index (κ3) is 4.11. The van der Waals surface area contributed by atoms with E-state index in [-0.39, 0.29) is 6.09 Å². The first-order chi connectivity index (χ1) is 9.46. The summed E-state index contributed by atoms with van der Waals surface area (Å²) in [6, 6.07) is 0.481. The second-order valence-electron chi connectivity index (χ2n) is 6.07. The van der Waals surface area contributed by atoms with E-state index in [0.29, 0.717) is 12.6 Å². The molecule has 1 amide bonds. The number of allylic oxidation sites excluding steroid dienone is 2. The molecule has 0 spiro atoms. The minimum absolute atomic E-state index is 0.369. The third-order valence-electron chi connectivity index (χ3n) is 3.17. The van der Waals surface area contributed by atoms with Crippen LogP contribution < -0.4 is 5.32 Å². The van der Waals surface area contributed by atoms with Gasteiger partial charge in [0.2, 0.25) is 0 Å². The molecule has 1 aliphatic carbocycles. The van der Waals surface area contributed by atoms with Crippen molar-refractivity contribution in [3.63, 3.8) is 0 Å². The van der Waals surface area contributed by atoms with Crippen molar-refractivity contribution >= 4 is 6.09 Å². The first kappa shape index (κ1) is 14.6. The Kier molecular flexibility index (Phi) is 4.47. The van der Waals surface area contributed by atoms with E-state index in [1.807, 2.05) is 33.3 Å². The van der Waals surface area contributed by atoms with Gasteiger partial charge in [0, 0.05) is 30.9 Å². The van der Waals surface area contributed by atoms with E-state index < -0.39 is 5.60 Å². The highest BCUT2D eigenvalue weighted by atomic mass is 16.6. The van der Waals surface area contributed by atoms with Crippen molar-refractivity contribution in [3.8, 4) is 0 Å². The van der Waals surface area contributed by atoms with Crippen molar-refractivity contribution in [3.05, 3.63) is 30.4 Å². The number of hydrogen-bond donors (Lipinski definition) is 1. The predicted octanol–water partition coefficient (Wildman–Crippen LogP) is 2.84. The van der Waals surface area contributed by atoms with Crippen LogP contribution in [0.3, 0.4) is 0 Å². The number of hydrogen-bond acceptors (Lipinski definition) is 3. The Labute approximate surface area is 120 Å². The molecule has 0 bridgehead atoms. The Morgan fingerprint density at radius 1 is 1.45 bits per heavy atom. The largest absolute Gasteiger partial charge is 0.444 e. The zero-order valence-electron chi connectivity index (χ0n) is 12.4. The molecule has 0 fully saturated rings. The van der Waals surface area contributed by atoms with Crippen molar-refractivity contribution in [2.24, 2.45) is 0 Å². The number of carbonyl (C=O) groups is 1. The molecule has 0 saturated heterocycles. The number of carbonyl (C=O) groups excluding carboxylic acids is 1. The fourth-order valence-corrected chi connectivity index (χ4v) is 2.29.